The number of nitrogens with one attached hydrogen (secondary N) is 1. The van der Waals surface area contributed by atoms with Gasteiger partial charge in [-0.3, -0.25) is 4.79 Å². The second kappa shape index (κ2) is 5.12. The van der Waals surface area contributed by atoms with E-state index >= 15 is 0 Å². The lowest BCUT2D eigenvalue weighted by Crippen LogP contribution is -2.38. The van der Waals surface area contributed by atoms with Gasteiger partial charge in [0.2, 0.25) is 0 Å². The van der Waals surface area contributed by atoms with Crippen molar-refractivity contribution < 1.29 is 9.32 Å². The molecule has 0 aliphatic rings. The van der Waals surface area contributed by atoms with Gasteiger partial charge in [0, 0.05) is 12.6 Å². The topological polar surface area (TPSA) is 58.4 Å². The summed E-state index contributed by atoms with van der Waals surface area (Å²) in [4.78, 5) is 13.9. The van der Waals surface area contributed by atoms with E-state index in [9.17, 15) is 4.79 Å². The van der Waals surface area contributed by atoms with Crippen LogP contribution in [0.3, 0.4) is 0 Å². The third-order valence-electron chi connectivity index (χ3n) is 2.70. The first-order chi connectivity index (χ1) is 7.43. The van der Waals surface area contributed by atoms with Gasteiger partial charge in [-0.05, 0) is 34.9 Å². The molecule has 0 saturated carbocycles. The van der Waals surface area contributed by atoms with Gasteiger partial charge in [0.15, 0.2) is 0 Å². The van der Waals surface area contributed by atoms with Gasteiger partial charge in [-0.1, -0.05) is 5.16 Å². The highest BCUT2D eigenvalue weighted by molar-refractivity contribution is 5.96. The maximum absolute atomic E-state index is 11.8. The molecule has 0 bridgehead atoms. The van der Waals surface area contributed by atoms with Gasteiger partial charge in [-0.15, -0.1) is 0 Å². The minimum Gasteiger partial charge on any atom is -0.361 e. The van der Waals surface area contributed by atoms with Crippen molar-refractivity contribution in [3.05, 3.63) is 17.0 Å². The molecule has 16 heavy (non-hydrogen) atoms. The van der Waals surface area contributed by atoms with Gasteiger partial charge in [0.25, 0.3) is 5.91 Å². The molecule has 1 N–H and O–H groups in total. The first-order valence-corrected chi connectivity index (χ1v) is 5.31. The Hall–Kier alpha value is -1.36. The van der Waals surface area contributed by atoms with E-state index in [0.29, 0.717) is 29.6 Å². The lowest BCUT2D eigenvalue weighted by molar-refractivity contribution is 0.0941. The second-order valence-electron chi connectivity index (χ2n) is 4.22. The highest BCUT2D eigenvalue weighted by atomic mass is 16.5. The van der Waals surface area contributed by atoms with Gasteiger partial charge in [0.05, 0.1) is 5.69 Å². The van der Waals surface area contributed by atoms with Crippen LogP contribution in [0.4, 0.5) is 0 Å². The Morgan fingerprint density at radius 1 is 1.50 bits per heavy atom. The fourth-order valence-corrected chi connectivity index (χ4v) is 1.32. The minimum absolute atomic E-state index is 0.120. The molecule has 0 radical (unpaired) electrons. The van der Waals surface area contributed by atoms with Crippen LogP contribution in [0.2, 0.25) is 0 Å². The molecule has 5 nitrogen and oxygen atoms in total. The van der Waals surface area contributed by atoms with Crippen molar-refractivity contribution in [1.82, 2.24) is 15.4 Å². The van der Waals surface area contributed by atoms with Gasteiger partial charge in [0.1, 0.15) is 11.3 Å². The molecule has 0 unspecified atom stereocenters. The Labute approximate surface area is 95.8 Å². The normalized spacial score (nSPS) is 12.9. The molecule has 0 aliphatic heterocycles. The van der Waals surface area contributed by atoms with Crippen molar-refractivity contribution >= 4 is 5.91 Å². The van der Waals surface area contributed by atoms with E-state index < -0.39 is 0 Å². The molecule has 1 atom stereocenters. The zero-order valence-corrected chi connectivity index (χ0v) is 10.5. The molecular formula is C11H19N3O2. The third-order valence-corrected chi connectivity index (χ3v) is 2.70. The number of amides is 1. The smallest absolute Gasteiger partial charge is 0.256 e. The average Bonchev–Trinajstić information content (AvgIpc) is 2.54. The van der Waals surface area contributed by atoms with Crippen LogP contribution in [0, 0.1) is 13.8 Å². The van der Waals surface area contributed by atoms with Crippen LogP contribution in [0.5, 0.6) is 0 Å². The van der Waals surface area contributed by atoms with Crippen molar-refractivity contribution in [3.8, 4) is 0 Å². The van der Waals surface area contributed by atoms with Crippen molar-refractivity contribution in [3.63, 3.8) is 0 Å². The summed E-state index contributed by atoms with van der Waals surface area (Å²) in [6.07, 6.45) is 0. The minimum atomic E-state index is -0.120. The summed E-state index contributed by atoms with van der Waals surface area (Å²) in [6, 6.07) is 0.296. The molecule has 90 valence electrons. The summed E-state index contributed by atoms with van der Waals surface area (Å²) < 4.78 is 4.95. The third kappa shape index (κ3) is 2.82. The molecule has 0 spiro atoms. The summed E-state index contributed by atoms with van der Waals surface area (Å²) >= 11 is 0. The Morgan fingerprint density at radius 2 is 2.12 bits per heavy atom. The van der Waals surface area contributed by atoms with E-state index in [2.05, 4.69) is 10.5 Å². The molecule has 0 saturated heterocycles. The van der Waals surface area contributed by atoms with Crippen LogP contribution in [0.25, 0.3) is 0 Å². The summed E-state index contributed by atoms with van der Waals surface area (Å²) in [5.41, 5.74) is 1.18. The molecular weight excluding hydrogens is 206 g/mol. The number of nitrogens with zero attached hydrogens (tertiary/aromatic N) is 2. The molecule has 5 heteroatoms. The molecule has 0 fully saturated rings. The average molecular weight is 225 g/mol. The van der Waals surface area contributed by atoms with E-state index in [0.717, 1.165) is 0 Å². The number of carbonyl (C=O) groups is 1. The van der Waals surface area contributed by atoms with E-state index in [1.807, 2.05) is 25.9 Å². The lowest BCUT2D eigenvalue weighted by Gasteiger charge is -2.19. The maximum Gasteiger partial charge on any atom is 0.256 e. The van der Waals surface area contributed by atoms with Crippen LogP contribution >= 0.6 is 0 Å². The molecule has 1 aromatic rings. The number of rotatable bonds is 4. The SMILES string of the molecule is Cc1noc(C)c1C(=O)NC[C@H](C)N(C)C. The highest BCUT2D eigenvalue weighted by Gasteiger charge is 2.17. The number of aromatic nitrogens is 1. The van der Waals surface area contributed by atoms with E-state index in [4.69, 9.17) is 4.52 Å². The van der Waals surface area contributed by atoms with Crippen LogP contribution < -0.4 is 5.32 Å². The zero-order chi connectivity index (χ0) is 12.3. The first-order valence-electron chi connectivity index (χ1n) is 5.31. The van der Waals surface area contributed by atoms with Crippen molar-refractivity contribution in [2.75, 3.05) is 20.6 Å². The number of carbonyl (C=O) groups excluding carboxylic acids is 1. The molecule has 0 aliphatic carbocycles. The Bertz CT molecular complexity index is 352. The van der Waals surface area contributed by atoms with E-state index in [-0.39, 0.29) is 5.91 Å². The number of likely N-dealkylation sites (N-methyl/N-ethyl adjacent to an activating group) is 1. The monoisotopic (exact) mass is 225 g/mol. The Morgan fingerprint density at radius 3 is 2.56 bits per heavy atom. The van der Waals surface area contributed by atoms with Gasteiger partial charge in [-0.2, -0.15) is 0 Å². The van der Waals surface area contributed by atoms with Crippen LogP contribution in [0.15, 0.2) is 4.52 Å². The summed E-state index contributed by atoms with van der Waals surface area (Å²) in [7, 11) is 3.96. The van der Waals surface area contributed by atoms with Gasteiger partial charge >= 0.3 is 0 Å². The first kappa shape index (κ1) is 12.7. The van der Waals surface area contributed by atoms with Crippen molar-refractivity contribution in [1.29, 1.82) is 0 Å². The van der Waals surface area contributed by atoms with Crippen LogP contribution in [-0.2, 0) is 0 Å². The van der Waals surface area contributed by atoms with E-state index in [1.165, 1.54) is 0 Å². The van der Waals surface area contributed by atoms with Crippen LogP contribution in [0.1, 0.15) is 28.7 Å². The molecule has 1 amide bonds. The Kier molecular flexibility index (Phi) is 4.06. The predicted molar refractivity (Wildman–Crippen MR) is 61.5 cm³/mol. The quantitative estimate of drug-likeness (QED) is 0.829. The fraction of sp³-hybridized carbons (Fsp3) is 0.636. The van der Waals surface area contributed by atoms with Gasteiger partial charge in [-0.25, -0.2) is 0 Å². The second-order valence-corrected chi connectivity index (χ2v) is 4.22. The highest BCUT2D eigenvalue weighted by Crippen LogP contribution is 2.11. The molecule has 0 aromatic carbocycles. The van der Waals surface area contributed by atoms with Crippen molar-refractivity contribution in [2.45, 2.75) is 26.8 Å². The van der Waals surface area contributed by atoms with Crippen LogP contribution in [-0.4, -0.2) is 42.6 Å². The number of hydrogen-bond acceptors (Lipinski definition) is 4. The molecule has 1 heterocycles. The molecule has 1 aromatic heterocycles. The lowest BCUT2D eigenvalue weighted by atomic mass is 10.2. The summed E-state index contributed by atoms with van der Waals surface area (Å²) in [6.45, 7) is 6.16. The fourth-order valence-electron chi connectivity index (χ4n) is 1.32. The standard InChI is InChI=1S/C11H19N3O2/c1-7(14(4)5)6-12-11(15)10-8(2)13-16-9(10)3/h7H,6H2,1-5H3,(H,12,15)/t7-/m0/s1. The maximum atomic E-state index is 11.8. The Balaban J connectivity index is 2.60. The summed E-state index contributed by atoms with van der Waals surface area (Å²) in [5, 5.41) is 6.62. The van der Waals surface area contributed by atoms with E-state index in [1.54, 1.807) is 13.8 Å². The van der Waals surface area contributed by atoms with Crippen molar-refractivity contribution in [2.24, 2.45) is 0 Å². The zero-order valence-electron chi connectivity index (χ0n) is 10.5. The number of hydrogen-bond donors (Lipinski definition) is 1. The van der Waals surface area contributed by atoms with Gasteiger partial charge < -0.3 is 14.7 Å². The molecule has 1 rings (SSSR count). The predicted octanol–water partition coefficient (Wildman–Crippen LogP) is 0.971. The summed E-state index contributed by atoms with van der Waals surface area (Å²) in [5.74, 6) is 0.442. The largest absolute Gasteiger partial charge is 0.361 e. The number of aryl methyl sites for hydroxylation is 2.